The minimum atomic E-state index is -4.95. The fourth-order valence-electron chi connectivity index (χ4n) is 3.44. The predicted molar refractivity (Wildman–Crippen MR) is 127 cm³/mol. The number of sulfone groups is 1. The molecular weight excluding hydrogens is 515 g/mol. The first-order valence-corrected chi connectivity index (χ1v) is 12.6. The Balaban J connectivity index is 2.04. The van der Waals surface area contributed by atoms with Crippen LogP contribution in [0.5, 0.6) is 11.5 Å². The molecule has 3 aromatic rings. The summed E-state index contributed by atoms with van der Waals surface area (Å²) in [5.41, 5.74) is -1.49. The van der Waals surface area contributed by atoms with Crippen LogP contribution in [0.3, 0.4) is 0 Å². The van der Waals surface area contributed by atoms with Gasteiger partial charge in [-0.2, -0.15) is 13.2 Å². The highest BCUT2D eigenvalue weighted by Crippen LogP contribution is 2.31. The maximum absolute atomic E-state index is 13.6. The molecule has 0 saturated carbocycles. The molecule has 0 amide bonds. The second-order valence-corrected chi connectivity index (χ2v) is 10.1. The molecule has 2 heterocycles. The van der Waals surface area contributed by atoms with E-state index in [0.717, 1.165) is 6.07 Å². The molecule has 0 radical (unpaired) electrons. The quantitative estimate of drug-likeness (QED) is 0.359. The van der Waals surface area contributed by atoms with E-state index in [9.17, 15) is 31.2 Å². The SMILES string of the molecule is COc1ccc(Cn2cc(-c3cc(C(F)(F)F)nc(S(=O)(=O)CCCC(C)=O)n3)ccc2=O)cc1OC. The fourth-order valence-corrected chi connectivity index (χ4v) is 4.62. The van der Waals surface area contributed by atoms with E-state index in [4.69, 9.17) is 9.47 Å². The van der Waals surface area contributed by atoms with Crippen LogP contribution in [0.4, 0.5) is 13.2 Å². The summed E-state index contributed by atoms with van der Waals surface area (Å²) >= 11 is 0. The smallest absolute Gasteiger partial charge is 0.433 e. The lowest BCUT2D eigenvalue weighted by Gasteiger charge is -2.13. The summed E-state index contributed by atoms with van der Waals surface area (Å²) in [5, 5.41) is -1.00. The van der Waals surface area contributed by atoms with Crippen molar-refractivity contribution < 1.29 is 35.9 Å². The Morgan fingerprint density at radius 3 is 2.35 bits per heavy atom. The number of ketones is 1. The van der Waals surface area contributed by atoms with Crippen LogP contribution in [-0.4, -0.2) is 48.7 Å². The maximum Gasteiger partial charge on any atom is 0.433 e. The van der Waals surface area contributed by atoms with Crippen molar-refractivity contribution in [2.75, 3.05) is 20.0 Å². The van der Waals surface area contributed by atoms with Gasteiger partial charge in [0.25, 0.3) is 5.56 Å². The highest BCUT2D eigenvalue weighted by atomic mass is 32.2. The van der Waals surface area contributed by atoms with E-state index in [1.165, 1.54) is 38.0 Å². The zero-order chi connectivity index (χ0) is 27.4. The molecule has 0 N–H and O–H groups in total. The van der Waals surface area contributed by atoms with Crippen LogP contribution in [0.1, 0.15) is 31.0 Å². The largest absolute Gasteiger partial charge is 0.493 e. The van der Waals surface area contributed by atoms with E-state index in [2.05, 4.69) is 9.97 Å². The summed E-state index contributed by atoms with van der Waals surface area (Å²) in [6, 6.07) is 8.00. The summed E-state index contributed by atoms with van der Waals surface area (Å²) in [6.07, 6.45) is -3.79. The third kappa shape index (κ3) is 6.94. The summed E-state index contributed by atoms with van der Waals surface area (Å²) in [7, 11) is -1.39. The molecule has 37 heavy (non-hydrogen) atoms. The minimum absolute atomic E-state index is 0.0421. The van der Waals surface area contributed by atoms with E-state index >= 15 is 0 Å². The summed E-state index contributed by atoms with van der Waals surface area (Å²) in [4.78, 5) is 30.7. The van der Waals surface area contributed by atoms with Crippen LogP contribution in [0.15, 0.2) is 52.5 Å². The molecule has 0 spiro atoms. The molecule has 0 unspecified atom stereocenters. The predicted octanol–water partition coefficient (Wildman–Crippen LogP) is 3.53. The Morgan fingerprint density at radius 2 is 1.73 bits per heavy atom. The second kappa shape index (κ2) is 11.1. The molecule has 13 heteroatoms. The molecule has 0 aliphatic carbocycles. The average molecular weight is 540 g/mol. The third-order valence-corrected chi connectivity index (χ3v) is 6.86. The van der Waals surface area contributed by atoms with Crippen molar-refractivity contribution in [3.8, 4) is 22.8 Å². The van der Waals surface area contributed by atoms with Crippen molar-refractivity contribution in [3.63, 3.8) is 0 Å². The number of Topliss-reactive ketones (excluding diaryl/α,β-unsaturated/α-hetero) is 1. The standard InChI is InChI=1S/C24H24F3N3O6S/c1-15(31)5-4-10-37(33,34)23-28-18(12-21(29-23)24(25,26)27)17-7-9-22(32)30(14-17)13-16-6-8-19(35-2)20(11-16)36-3/h6-9,11-12,14H,4-5,10,13H2,1-3H3. The fraction of sp³-hybridized carbons (Fsp3) is 0.333. The number of hydrogen-bond acceptors (Lipinski definition) is 8. The van der Waals surface area contributed by atoms with Crippen molar-refractivity contribution in [1.29, 1.82) is 0 Å². The maximum atomic E-state index is 13.6. The monoisotopic (exact) mass is 539 g/mol. The van der Waals surface area contributed by atoms with Crippen LogP contribution in [0.25, 0.3) is 11.3 Å². The van der Waals surface area contributed by atoms with Gasteiger partial charge in [0, 0.05) is 24.2 Å². The molecule has 0 fully saturated rings. The van der Waals surface area contributed by atoms with Crippen molar-refractivity contribution >= 4 is 15.6 Å². The lowest BCUT2D eigenvalue weighted by Crippen LogP contribution is -2.20. The van der Waals surface area contributed by atoms with Crippen LogP contribution in [0, 0.1) is 0 Å². The Hall–Kier alpha value is -3.74. The van der Waals surface area contributed by atoms with Crippen LogP contribution < -0.4 is 15.0 Å². The normalized spacial score (nSPS) is 11.8. The van der Waals surface area contributed by atoms with Crippen LogP contribution in [-0.2, 0) is 27.4 Å². The molecule has 0 bridgehead atoms. The van der Waals surface area contributed by atoms with Gasteiger partial charge in [0.15, 0.2) is 11.5 Å². The molecular formula is C24H24F3N3O6S. The molecule has 3 rings (SSSR count). The number of methoxy groups -OCH3 is 2. The number of nitrogens with zero attached hydrogens (tertiary/aromatic N) is 3. The number of aromatic nitrogens is 3. The van der Waals surface area contributed by atoms with Gasteiger partial charge in [-0.3, -0.25) is 4.79 Å². The lowest BCUT2D eigenvalue weighted by atomic mass is 10.1. The molecule has 0 saturated heterocycles. The van der Waals surface area contributed by atoms with Gasteiger partial charge in [0.1, 0.15) is 11.5 Å². The van der Waals surface area contributed by atoms with Gasteiger partial charge in [-0.25, -0.2) is 18.4 Å². The number of benzene rings is 1. The number of carbonyl (C=O) groups excluding carboxylic acids is 1. The Bertz CT molecular complexity index is 1470. The number of alkyl halides is 3. The summed E-state index contributed by atoms with van der Waals surface area (Å²) < 4.78 is 77.7. The zero-order valence-electron chi connectivity index (χ0n) is 20.2. The number of rotatable bonds is 10. The van der Waals surface area contributed by atoms with Gasteiger partial charge in [-0.05, 0) is 43.2 Å². The molecule has 198 valence electrons. The molecule has 2 aromatic heterocycles. The van der Waals surface area contributed by atoms with E-state index in [1.807, 2.05) is 0 Å². The molecule has 1 aromatic carbocycles. The first-order valence-electron chi connectivity index (χ1n) is 10.9. The van der Waals surface area contributed by atoms with E-state index in [0.29, 0.717) is 23.1 Å². The van der Waals surface area contributed by atoms with Gasteiger partial charge in [0.05, 0.1) is 32.2 Å². The number of pyridine rings is 1. The Kier molecular flexibility index (Phi) is 8.36. The molecule has 0 aliphatic rings. The first kappa shape index (κ1) is 27.8. The van der Waals surface area contributed by atoms with Gasteiger partial charge in [0.2, 0.25) is 15.0 Å². The van der Waals surface area contributed by atoms with Crippen LogP contribution >= 0.6 is 0 Å². The van der Waals surface area contributed by atoms with Crippen molar-refractivity contribution in [2.24, 2.45) is 0 Å². The minimum Gasteiger partial charge on any atom is -0.493 e. The van der Waals surface area contributed by atoms with E-state index in [1.54, 1.807) is 18.2 Å². The number of carbonyl (C=O) groups is 1. The topological polar surface area (TPSA) is 117 Å². The van der Waals surface area contributed by atoms with Crippen molar-refractivity contribution in [1.82, 2.24) is 14.5 Å². The summed E-state index contributed by atoms with van der Waals surface area (Å²) in [6.45, 7) is 1.32. The highest BCUT2D eigenvalue weighted by Gasteiger charge is 2.35. The Morgan fingerprint density at radius 1 is 1.03 bits per heavy atom. The Labute approximate surface area is 210 Å². The van der Waals surface area contributed by atoms with Gasteiger partial charge in [-0.1, -0.05) is 6.07 Å². The number of hydrogen-bond donors (Lipinski definition) is 0. The van der Waals surface area contributed by atoms with E-state index < -0.39 is 38.2 Å². The third-order valence-electron chi connectivity index (χ3n) is 5.30. The number of halogens is 3. The molecule has 0 atom stereocenters. The lowest BCUT2D eigenvalue weighted by molar-refractivity contribution is -0.141. The van der Waals surface area contributed by atoms with Crippen molar-refractivity contribution in [2.45, 2.75) is 37.6 Å². The van der Waals surface area contributed by atoms with E-state index in [-0.39, 0.29) is 36.4 Å². The average Bonchev–Trinajstić information content (AvgIpc) is 2.84. The number of ether oxygens (including phenoxy) is 2. The first-order chi connectivity index (χ1) is 17.3. The summed E-state index contributed by atoms with van der Waals surface area (Å²) in [5.74, 6) is 0.0589. The highest BCUT2D eigenvalue weighted by molar-refractivity contribution is 7.91. The zero-order valence-corrected chi connectivity index (χ0v) is 21.0. The second-order valence-electron chi connectivity index (χ2n) is 8.12. The van der Waals surface area contributed by atoms with Crippen molar-refractivity contribution in [3.05, 3.63) is 64.2 Å². The van der Waals surface area contributed by atoms with Crippen LogP contribution in [0.2, 0.25) is 0 Å². The van der Waals surface area contributed by atoms with Gasteiger partial charge >= 0.3 is 6.18 Å². The van der Waals surface area contributed by atoms with Gasteiger partial charge < -0.3 is 18.8 Å². The molecule has 0 aliphatic heterocycles. The molecule has 9 nitrogen and oxygen atoms in total. The van der Waals surface area contributed by atoms with Gasteiger partial charge in [-0.15, -0.1) is 0 Å².